The Labute approximate surface area is 201 Å². The summed E-state index contributed by atoms with van der Waals surface area (Å²) in [7, 11) is 0. The Morgan fingerprint density at radius 1 is 1.15 bits per heavy atom. The van der Waals surface area contributed by atoms with Gasteiger partial charge in [-0.1, -0.05) is 18.9 Å². The zero-order chi connectivity index (χ0) is 23.3. The van der Waals surface area contributed by atoms with Crippen molar-refractivity contribution >= 4 is 28.8 Å². The third kappa shape index (κ3) is 3.46. The molecule has 0 radical (unpaired) electrons. The Balaban J connectivity index is 1.43. The van der Waals surface area contributed by atoms with E-state index in [9.17, 15) is 9.59 Å². The first-order valence-electron chi connectivity index (χ1n) is 11.7. The molecule has 2 aromatic heterocycles. The summed E-state index contributed by atoms with van der Waals surface area (Å²) in [6.07, 6.45) is 4.16. The van der Waals surface area contributed by atoms with Gasteiger partial charge in [-0.15, -0.1) is 11.3 Å². The molecular weight excluding hydrogens is 452 g/mol. The second-order valence-electron chi connectivity index (χ2n) is 9.25. The average molecular weight is 479 g/mol. The number of amides is 2. The van der Waals surface area contributed by atoms with Gasteiger partial charge < -0.3 is 14.8 Å². The fraction of sp³-hybridized carbons (Fsp3) is 0.400. The lowest BCUT2D eigenvalue weighted by Crippen LogP contribution is -2.65. The fourth-order valence-electron chi connectivity index (χ4n) is 5.11. The molecule has 1 aliphatic carbocycles. The lowest BCUT2D eigenvalue weighted by molar-refractivity contribution is -0.127. The third-order valence-electron chi connectivity index (χ3n) is 6.89. The molecule has 0 spiro atoms. The zero-order valence-corrected chi connectivity index (χ0v) is 19.8. The van der Waals surface area contributed by atoms with E-state index in [0.29, 0.717) is 36.1 Å². The summed E-state index contributed by atoms with van der Waals surface area (Å²) in [5.41, 5.74) is 0.642. The standard InChI is InChI=1S/C25H26N4O4S/c1-25(24(31)26-16-5-2-3-6-16)15-28-19(14-18(27-28)22-7-4-12-34-22)23(30)29(25)17-8-9-20-21(13-17)33-11-10-32-20/h4,7-9,12-14,16H,2-3,5-6,10-11,15H2,1H3,(H,26,31)/t25-/m0/s1. The Kier molecular flexibility index (Phi) is 5.09. The van der Waals surface area contributed by atoms with Gasteiger partial charge >= 0.3 is 0 Å². The van der Waals surface area contributed by atoms with Crippen LogP contribution in [0.4, 0.5) is 5.69 Å². The largest absolute Gasteiger partial charge is 0.486 e. The van der Waals surface area contributed by atoms with Crippen molar-refractivity contribution in [2.24, 2.45) is 0 Å². The number of carbonyl (C=O) groups is 2. The topological polar surface area (TPSA) is 85.7 Å². The first-order chi connectivity index (χ1) is 16.5. The molecule has 1 N–H and O–H groups in total. The number of nitrogens with one attached hydrogen (secondary N) is 1. The van der Waals surface area contributed by atoms with E-state index in [1.807, 2.05) is 36.6 Å². The molecule has 3 aliphatic rings. The molecule has 6 rings (SSSR count). The molecule has 0 bridgehead atoms. The minimum absolute atomic E-state index is 0.141. The number of carbonyl (C=O) groups excluding carboxylic acids is 2. The van der Waals surface area contributed by atoms with Crippen LogP contribution in [0.5, 0.6) is 11.5 Å². The summed E-state index contributed by atoms with van der Waals surface area (Å²) in [5.74, 6) is 0.791. The number of rotatable bonds is 4. The normalized spacial score (nSPS) is 22.0. The minimum atomic E-state index is -1.16. The highest BCUT2D eigenvalue weighted by Gasteiger charge is 2.49. The smallest absolute Gasteiger partial charge is 0.277 e. The number of benzene rings is 1. The number of hydrogen-bond donors (Lipinski definition) is 1. The van der Waals surface area contributed by atoms with Gasteiger partial charge in [0.25, 0.3) is 5.91 Å². The molecule has 1 atom stereocenters. The van der Waals surface area contributed by atoms with Crippen molar-refractivity contribution in [1.29, 1.82) is 0 Å². The average Bonchev–Trinajstić information content (AvgIpc) is 3.61. The van der Waals surface area contributed by atoms with Gasteiger partial charge in [0.05, 0.1) is 11.4 Å². The molecule has 0 saturated heterocycles. The predicted molar refractivity (Wildman–Crippen MR) is 129 cm³/mol. The van der Waals surface area contributed by atoms with Gasteiger partial charge in [-0.2, -0.15) is 5.10 Å². The minimum Gasteiger partial charge on any atom is -0.486 e. The maximum absolute atomic E-state index is 13.9. The summed E-state index contributed by atoms with van der Waals surface area (Å²) in [5, 5.41) is 9.90. The summed E-state index contributed by atoms with van der Waals surface area (Å²) in [6.45, 7) is 3.01. The SMILES string of the molecule is C[C@@]1(C(=O)NC2CCCC2)Cn2nc(-c3cccs3)cc2C(=O)N1c1ccc2c(c1)OCCO2. The summed E-state index contributed by atoms with van der Waals surface area (Å²) in [4.78, 5) is 30.3. The van der Waals surface area contributed by atoms with E-state index in [2.05, 4.69) is 5.32 Å². The lowest BCUT2D eigenvalue weighted by atomic mass is 9.93. The third-order valence-corrected chi connectivity index (χ3v) is 7.78. The van der Waals surface area contributed by atoms with Crippen molar-refractivity contribution in [2.45, 2.75) is 50.7 Å². The molecule has 8 nitrogen and oxygen atoms in total. The van der Waals surface area contributed by atoms with Crippen LogP contribution in [0.2, 0.25) is 0 Å². The van der Waals surface area contributed by atoms with E-state index < -0.39 is 5.54 Å². The van der Waals surface area contributed by atoms with E-state index in [0.717, 1.165) is 36.3 Å². The highest BCUT2D eigenvalue weighted by molar-refractivity contribution is 7.13. The van der Waals surface area contributed by atoms with E-state index in [1.165, 1.54) is 0 Å². The molecular formula is C25H26N4O4S. The molecule has 4 heterocycles. The molecule has 3 aromatic rings. The Bertz CT molecular complexity index is 1250. The van der Waals surface area contributed by atoms with Crippen LogP contribution in [0, 0.1) is 0 Å². The second kappa shape index (κ2) is 8.16. The number of ether oxygens (including phenoxy) is 2. The van der Waals surface area contributed by atoms with Crippen LogP contribution < -0.4 is 19.7 Å². The van der Waals surface area contributed by atoms with Gasteiger partial charge in [0, 0.05) is 17.8 Å². The Morgan fingerprint density at radius 3 is 2.71 bits per heavy atom. The van der Waals surface area contributed by atoms with Crippen LogP contribution in [0.1, 0.15) is 43.1 Å². The van der Waals surface area contributed by atoms with E-state index in [1.54, 1.807) is 33.1 Å². The number of hydrogen-bond acceptors (Lipinski definition) is 6. The number of anilines is 1. The van der Waals surface area contributed by atoms with E-state index >= 15 is 0 Å². The Hall–Kier alpha value is -3.33. The van der Waals surface area contributed by atoms with Crippen molar-refractivity contribution in [3.63, 3.8) is 0 Å². The van der Waals surface area contributed by atoms with Gasteiger partial charge in [-0.25, -0.2) is 0 Å². The molecule has 1 aromatic carbocycles. The van der Waals surface area contributed by atoms with Crippen LogP contribution in [0.15, 0.2) is 41.8 Å². The highest BCUT2D eigenvalue weighted by atomic mass is 32.1. The van der Waals surface area contributed by atoms with Gasteiger partial charge in [0.2, 0.25) is 5.91 Å². The van der Waals surface area contributed by atoms with Crippen LogP contribution in [-0.2, 0) is 11.3 Å². The molecule has 1 saturated carbocycles. The first-order valence-corrected chi connectivity index (χ1v) is 12.6. The second-order valence-corrected chi connectivity index (χ2v) is 10.2. The van der Waals surface area contributed by atoms with E-state index in [-0.39, 0.29) is 24.4 Å². The van der Waals surface area contributed by atoms with Crippen molar-refractivity contribution < 1.29 is 19.1 Å². The van der Waals surface area contributed by atoms with Gasteiger partial charge in [-0.3, -0.25) is 19.2 Å². The monoisotopic (exact) mass is 478 g/mol. The molecule has 176 valence electrons. The zero-order valence-electron chi connectivity index (χ0n) is 19.0. The van der Waals surface area contributed by atoms with E-state index in [4.69, 9.17) is 14.6 Å². The molecule has 1 fully saturated rings. The summed E-state index contributed by atoms with van der Waals surface area (Å²) in [6, 6.07) is 11.3. The number of nitrogens with zero attached hydrogens (tertiary/aromatic N) is 3. The number of aromatic nitrogens is 2. The summed E-state index contributed by atoms with van der Waals surface area (Å²) >= 11 is 1.57. The number of thiophene rings is 1. The van der Waals surface area contributed by atoms with Crippen LogP contribution in [-0.4, -0.2) is 46.4 Å². The van der Waals surface area contributed by atoms with Crippen LogP contribution in [0.25, 0.3) is 10.6 Å². The van der Waals surface area contributed by atoms with Crippen LogP contribution in [0.3, 0.4) is 0 Å². The van der Waals surface area contributed by atoms with Crippen molar-refractivity contribution in [2.75, 3.05) is 18.1 Å². The fourth-order valence-corrected chi connectivity index (χ4v) is 5.79. The quantitative estimate of drug-likeness (QED) is 0.616. The maximum Gasteiger partial charge on any atom is 0.277 e. The molecule has 0 unspecified atom stereocenters. The highest BCUT2D eigenvalue weighted by Crippen LogP contribution is 2.40. The maximum atomic E-state index is 13.9. The summed E-state index contributed by atoms with van der Waals surface area (Å²) < 4.78 is 13.1. The van der Waals surface area contributed by atoms with Crippen molar-refractivity contribution in [3.05, 3.63) is 47.5 Å². The predicted octanol–water partition coefficient (Wildman–Crippen LogP) is 3.86. The van der Waals surface area contributed by atoms with Crippen molar-refractivity contribution in [3.8, 4) is 22.1 Å². The molecule has 2 aliphatic heterocycles. The van der Waals surface area contributed by atoms with Gasteiger partial charge in [0.15, 0.2) is 11.5 Å². The molecule has 9 heteroatoms. The van der Waals surface area contributed by atoms with Gasteiger partial charge in [-0.05, 0) is 49.4 Å². The molecule has 34 heavy (non-hydrogen) atoms. The Morgan fingerprint density at radius 2 is 1.94 bits per heavy atom. The number of fused-ring (bicyclic) bond motifs is 2. The first kappa shape index (κ1) is 21.2. The lowest BCUT2D eigenvalue weighted by Gasteiger charge is -2.43. The van der Waals surface area contributed by atoms with Crippen LogP contribution >= 0.6 is 11.3 Å². The van der Waals surface area contributed by atoms with Gasteiger partial charge in [0.1, 0.15) is 30.1 Å². The van der Waals surface area contributed by atoms with Crippen molar-refractivity contribution in [1.82, 2.24) is 15.1 Å². The molecule has 2 amide bonds.